The second-order valence-corrected chi connectivity index (χ2v) is 6.89. The van der Waals surface area contributed by atoms with Gasteiger partial charge in [-0.05, 0) is 43.0 Å². The highest BCUT2D eigenvalue weighted by molar-refractivity contribution is 5.32. The molecule has 2 aromatic rings. The van der Waals surface area contributed by atoms with E-state index in [9.17, 15) is 4.39 Å². The fourth-order valence-corrected chi connectivity index (χ4v) is 3.05. The van der Waals surface area contributed by atoms with E-state index in [0.717, 1.165) is 32.5 Å². The lowest BCUT2D eigenvalue weighted by atomic mass is 10.0. The zero-order valence-electron chi connectivity index (χ0n) is 14.8. The molecule has 0 aliphatic carbocycles. The average molecular weight is 344 g/mol. The van der Waals surface area contributed by atoms with Gasteiger partial charge in [-0.2, -0.15) is 4.98 Å². The number of anilines is 1. The number of likely N-dealkylation sites (tertiary alicyclic amines) is 1. The van der Waals surface area contributed by atoms with E-state index in [-0.39, 0.29) is 5.82 Å². The summed E-state index contributed by atoms with van der Waals surface area (Å²) in [5, 5.41) is 3.40. The second kappa shape index (κ2) is 8.25. The number of aromatic nitrogens is 2. The molecule has 0 amide bonds. The highest BCUT2D eigenvalue weighted by Crippen LogP contribution is 2.21. The van der Waals surface area contributed by atoms with Gasteiger partial charge < -0.3 is 15.0 Å². The highest BCUT2D eigenvalue weighted by Gasteiger charge is 2.20. The molecule has 1 aliphatic rings. The van der Waals surface area contributed by atoms with Gasteiger partial charge in [0.2, 0.25) is 11.8 Å². The monoisotopic (exact) mass is 344 g/mol. The normalized spacial score (nSPS) is 16.2. The first kappa shape index (κ1) is 17.6. The van der Waals surface area contributed by atoms with Crippen LogP contribution in [0.1, 0.15) is 26.7 Å². The molecule has 134 valence electrons. The molecule has 0 unspecified atom stereocenters. The van der Waals surface area contributed by atoms with Gasteiger partial charge in [-0.15, -0.1) is 0 Å². The van der Waals surface area contributed by atoms with Crippen LogP contribution in [-0.2, 0) is 0 Å². The van der Waals surface area contributed by atoms with E-state index in [1.807, 2.05) is 0 Å². The number of hydrogen-bond acceptors (Lipinski definition) is 5. The fourth-order valence-electron chi connectivity index (χ4n) is 3.05. The summed E-state index contributed by atoms with van der Waals surface area (Å²) in [5.74, 6) is 1.98. The number of ether oxygens (including phenoxy) is 1. The van der Waals surface area contributed by atoms with Crippen molar-refractivity contribution in [2.75, 3.05) is 25.0 Å². The molecule has 1 aliphatic heterocycles. The van der Waals surface area contributed by atoms with Gasteiger partial charge in [0, 0.05) is 37.9 Å². The van der Waals surface area contributed by atoms with Gasteiger partial charge in [-0.1, -0.05) is 13.8 Å². The van der Waals surface area contributed by atoms with Crippen molar-refractivity contribution in [1.29, 1.82) is 0 Å². The van der Waals surface area contributed by atoms with Crippen LogP contribution < -0.4 is 10.1 Å². The first-order chi connectivity index (χ1) is 12.1. The SMILES string of the molecule is CC(C)CN1CCC(Nc2nccc(Oc3ccc(F)cc3)n2)CC1. The van der Waals surface area contributed by atoms with Crippen molar-refractivity contribution < 1.29 is 9.13 Å². The van der Waals surface area contributed by atoms with E-state index >= 15 is 0 Å². The molecule has 1 aromatic carbocycles. The maximum Gasteiger partial charge on any atom is 0.226 e. The number of halogens is 1. The van der Waals surface area contributed by atoms with Gasteiger partial charge in [0.15, 0.2) is 0 Å². The fraction of sp³-hybridized carbons (Fsp3) is 0.474. The maximum absolute atomic E-state index is 13.0. The quantitative estimate of drug-likeness (QED) is 0.860. The zero-order chi connectivity index (χ0) is 17.6. The summed E-state index contributed by atoms with van der Waals surface area (Å²) in [6, 6.07) is 7.95. The van der Waals surface area contributed by atoms with Crippen LogP contribution in [-0.4, -0.2) is 40.5 Å². The predicted molar refractivity (Wildman–Crippen MR) is 96.4 cm³/mol. The first-order valence-corrected chi connectivity index (χ1v) is 8.84. The van der Waals surface area contributed by atoms with Crippen LogP contribution in [0.3, 0.4) is 0 Å². The van der Waals surface area contributed by atoms with Crippen LogP contribution in [0, 0.1) is 11.7 Å². The number of rotatable bonds is 6. The Morgan fingerprint density at radius 1 is 1.20 bits per heavy atom. The largest absolute Gasteiger partial charge is 0.439 e. The maximum atomic E-state index is 13.0. The van der Waals surface area contributed by atoms with Gasteiger partial charge in [0.25, 0.3) is 0 Å². The summed E-state index contributed by atoms with van der Waals surface area (Å²) in [6.07, 6.45) is 3.83. The molecule has 0 radical (unpaired) electrons. The smallest absolute Gasteiger partial charge is 0.226 e. The summed E-state index contributed by atoms with van der Waals surface area (Å²) in [6.45, 7) is 7.86. The average Bonchev–Trinajstić information content (AvgIpc) is 2.59. The minimum absolute atomic E-state index is 0.291. The molecule has 0 saturated carbocycles. The molecule has 6 heteroatoms. The van der Waals surface area contributed by atoms with Crippen molar-refractivity contribution in [3.8, 4) is 11.6 Å². The van der Waals surface area contributed by atoms with Crippen LogP contribution in [0.2, 0.25) is 0 Å². The van der Waals surface area contributed by atoms with Crippen LogP contribution in [0.15, 0.2) is 36.5 Å². The summed E-state index contributed by atoms with van der Waals surface area (Å²) >= 11 is 0. The summed E-state index contributed by atoms with van der Waals surface area (Å²) in [5.41, 5.74) is 0. The number of nitrogens with zero attached hydrogens (tertiary/aromatic N) is 3. The number of nitrogens with one attached hydrogen (secondary N) is 1. The standard InChI is InChI=1S/C19H25FN4O/c1-14(2)13-24-11-8-16(9-12-24)22-19-21-10-7-18(23-19)25-17-5-3-15(20)4-6-17/h3-7,10,14,16H,8-9,11-13H2,1-2H3,(H,21,22,23). The third-order valence-corrected chi connectivity index (χ3v) is 4.21. The van der Waals surface area contributed by atoms with Crippen molar-refractivity contribution in [3.63, 3.8) is 0 Å². The molecule has 1 fully saturated rings. The van der Waals surface area contributed by atoms with Crippen molar-refractivity contribution in [1.82, 2.24) is 14.9 Å². The first-order valence-electron chi connectivity index (χ1n) is 8.84. The predicted octanol–water partition coefficient (Wildman–Crippen LogP) is 3.94. The van der Waals surface area contributed by atoms with Crippen molar-refractivity contribution in [2.45, 2.75) is 32.7 Å². The van der Waals surface area contributed by atoms with Gasteiger partial charge in [0.1, 0.15) is 11.6 Å². The molecule has 0 atom stereocenters. The molecule has 1 N–H and O–H groups in total. The van der Waals surface area contributed by atoms with Crippen molar-refractivity contribution >= 4 is 5.95 Å². The summed E-state index contributed by atoms with van der Waals surface area (Å²) in [4.78, 5) is 11.2. The molecule has 0 spiro atoms. The lowest BCUT2D eigenvalue weighted by Gasteiger charge is -2.33. The Bertz CT molecular complexity index is 669. The Kier molecular flexibility index (Phi) is 5.81. The van der Waals surface area contributed by atoms with Crippen LogP contribution >= 0.6 is 0 Å². The van der Waals surface area contributed by atoms with E-state index in [2.05, 4.69) is 34.0 Å². The zero-order valence-corrected chi connectivity index (χ0v) is 14.8. The Morgan fingerprint density at radius 3 is 2.60 bits per heavy atom. The van der Waals surface area contributed by atoms with E-state index in [4.69, 9.17) is 4.74 Å². The van der Waals surface area contributed by atoms with Gasteiger partial charge in [0.05, 0.1) is 0 Å². The summed E-state index contributed by atoms with van der Waals surface area (Å²) in [7, 11) is 0. The molecular formula is C19H25FN4O. The Morgan fingerprint density at radius 2 is 1.92 bits per heavy atom. The van der Waals surface area contributed by atoms with E-state index < -0.39 is 0 Å². The minimum Gasteiger partial charge on any atom is -0.439 e. The van der Waals surface area contributed by atoms with E-state index in [1.165, 1.54) is 12.1 Å². The van der Waals surface area contributed by atoms with Gasteiger partial charge in [-0.25, -0.2) is 9.37 Å². The topological polar surface area (TPSA) is 50.3 Å². The molecule has 2 heterocycles. The van der Waals surface area contributed by atoms with Crippen molar-refractivity contribution in [2.24, 2.45) is 5.92 Å². The Labute approximate surface area is 148 Å². The van der Waals surface area contributed by atoms with Crippen LogP contribution in [0.25, 0.3) is 0 Å². The Hall–Kier alpha value is -2.21. The van der Waals surface area contributed by atoms with Crippen LogP contribution in [0.5, 0.6) is 11.6 Å². The summed E-state index contributed by atoms with van der Waals surface area (Å²) < 4.78 is 18.6. The van der Waals surface area contributed by atoms with E-state index in [0.29, 0.717) is 29.5 Å². The van der Waals surface area contributed by atoms with E-state index in [1.54, 1.807) is 24.4 Å². The lowest BCUT2D eigenvalue weighted by molar-refractivity contribution is 0.197. The minimum atomic E-state index is -0.291. The molecule has 1 saturated heterocycles. The molecule has 1 aromatic heterocycles. The number of piperidine rings is 1. The molecular weight excluding hydrogens is 319 g/mol. The van der Waals surface area contributed by atoms with Crippen LogP contribution in [0.4, 0.5) is 10.3 Å². The number of benzene rings is 1. The van der Waals surface area contributed by atoms with Crippen molar-refractivity contribution in [3.05, 3.63) is 42.3 Å². The van der Waals surface area contributed by atoms with Gasteiger partial charge in [-0.3, -0.25) is 0 Å². The third-order valence-electron chi connectivity index (χ3n) is 4.21. The highest BCUT2D eigenvalue weighted by atomic mass is 19.1. The van der Waals surface area contributed by atoms with Gasteiger partial charge >= 0.3 is 0 Å². The molecule has 25 heavy (non-hydrogen) atoms. The molecule has 0 bridgehead atoms. The lowest BCUT2D eigenvalue weighted by Crippen LogP contribution is -2.40. The molecule has 5 nitrogen and oxygen atoms in total. The third kappa shape index (κ3) is 5.39. The Balaban J connectivity index is 1.54. The molecule has 3 rings (SSSR count). The number of hydrogen-bond donors (Lipinski definition) is 1. The second-order valence-electron chi connectivity index (χ2n) is 6.89.